The fourth-order valence-electron chi connectivity index (χ4n) is 10.3. The Morgan fingerprint density at radius 3 is 1.24 bits per heavy atom. The molecule has 0 fully saturated rings. The van der Waals surface area contributed by atoms with Crippen LogP contribution < -0.4 is 0 Å². The quantitative estimate of drug-likeness (QED) is 0.173. The summed E-state index contributed by atoms with van der Waals surface area (Å²) >= 11 is 0. The molecule has 12 aromatic rings. The molecule has 1 aliphatic carbocycles. The summed E-state index contributed by atoms with van der Waals surface area (Å²) in [6, 6.07) is 77.8. The molecular weight excluding hydrogens is 763 g/mol. The van der Waals surface area contributed by atoms with Gasteiger partial charge in [0.1, 0.15) is 0 Å². The maximum Gasteiger partial charge on any atom is 0.0541 e. The third kappa shape index (κ3) is 5.81. The van der Waals surface area contributed by atoms with Gasteiger partial charge in [-0.15, -0.1) is 0 Å². The van der Waals surface area contributed by atoms with Crippen LogP contribution >= 0.6 is 0 Å². The van der Waals surface area contributed by atoms with E-state index < -0.39 is 0 Å². The molecule has 0 spiro atoms. The third-order valence-corrected chi connectivity index (χ3v) is 13.4. The van der Waals surface area contributed by atoms with E-state index in [1.54, 1.807) is 0 Å². The highest BCUT2D eigenvalue weighted by Gasteiger charge is 2.23. The molecule has 3 aromatic heterocycles. The third-order valence-electron chi connectivity index (χ3n) is 13.4. The van der Waals surface area contributed by atoms with Gasteiger partial charge >= 0.3 is 0 Å². The highest BCUT2D eigenvalue weighted by Crippen LogP contribution is 2.42. The van der Waals surface area contributed by atoms with Crippen molar-refractivity contribution in [3.63, 3.8) is 0 Å². The van der Waals surface area contributed by atoms with E-state index in [1.165, 1.54) is 105 Å². The Kier molecular flexibility index (Phi) is 8.04. The fraction of sp³-hybridized carbons (Fsp3) is 0.0333. The molecule has 3 nitrogen and oxygen atoms in total. The minimum Gasteiger partial charge on any atom is -0.355 e. The second kappa shape index (κ2) is 14.2. The molecule has 0 bridgehead atoms. The fourth-order valence-corrected chi connectivity index (χ4v) is 10.3. The first-order chi connectivity index (χ1) is 31.2. The minimum atomic E-state index is 0.966. The normalized spacial score (nSPS) is 12.7. The van der Waals surface area contributed by atoms with E-state index in [0.717, 1.165) is 29.6 Å². The maximum atomic E-state index is 3.77. The topological polar surface area (TPSA) is 25.6 Å². The zero-order chi connectivity index (χ0) is 41.4. The van der Waals surface area contributed by atoms with Crippen molar-refractivity contribution < 1.29 is 0 Å². The van der Waals surface area contributed by atoms with Gasteiger partial charge in [0.15, 0.2) is 0 Å². The number of H-pyrrole nitrogens is 1. The Labute approximate surface area is 365 Å². The van der Waals surface area contributed by atoms with Gasteiger partial charge in [-0.25, -0.2) is 0 Å². The van der Waals surface area contributed by atoms with Crippen molar-refractivity contribution in [2.45, 2.75) is 12.8 Å². The highest BCUT2D eigenvalue weighted by molar-refractivity contribution is 6.13. The molecule has 9 aromatic carbocycles. The molecule has 0 atom stereocenters. The van der Waals surface area contributed by atoms with Crippen LogP contribution in [0.2, 0.25) is 0 Å². The van der Waals surface area contributed by atoms with Crippen molar-refractivity contribution in [2.75, 3.05) is 0 Å². The Morgan fingerprint density at radius 1 is 0.317 bits per heavy atom. The van der Waals surface area contributed by atoms with Gasteiger partial charge in [-0.05, 0) is 136 Å². The summed E-state index contributed by atoms with van der Waals surface area (Å²) in [6.07, 6.45) is 4.42. The second-order valence-corrected chi connectivity index (χ2v) is 16.9. The lowest BCUT2D eigenvalue weighted by molar-refractivity contribution is 0.899. The molecule has 0 aliphatic heterocycles. The van der Waals surface area contributed by atoms with Crippen molar-refractivity contribution in [3.8, 4) is 44.8 Å². The first-order valence-corrected chi connectivity index (χ1v) is 22.0. The van der Waals surface area contributed by atoms with E-state index in [4.69, 9.17) is 0 Å². The van der Waals surface area contributed by atoms with E-state index in [0.29, 0.717) is 0 Å². The summed E-state index contributed by atoms with van der Waals surface area (Å²) in [4.78, 5) is 3.77. The lowest BCUT2D eigenvalue weighted by atomic mass is 9.91. The van der Waals surface area contributed by atoms with Crippen LogP contribution in [-0.4, -0.2) is 14.1 Å². The van der Waals surface area contributed by atoms with Gasteiger partial charge in [0, 0.05) is 60.6 Å². The number of fused-ring (bicyclic) bond motifs is 9. The van der Waals surface area contributed by atoms with E-state index in [9.17, 15) is 0 Å². The minimum absolute atomic E-state index is 0.966. The molecular formula is C60H41N3. The molecule has 0 amide bonds. The zero-order valence-corrected chi connectivity index (χ0v) is 34.6. The second-order valence-electron chi connectivity index (χ2n) is 16.9. The smallest absolute Gasteiger partial charge is 0.0541 e. The SMILES string of the molecule is C1=C(c2ccccc2)CCc2c1c1cc(-c3ccccc3)ccc1n2-c1ccc2[nH]c3ccc(-n4c5ccc(-c6ccccc6)cc5c5cc(-c6ccccc6)ccc54)cc3c2c1. The molecule has 0 unspecified atom stereocenters. The summed E-state index contributed by atoms with van der Waals surface area (Å²) in [6.45, 7) is 0. The van der Waals surface area contributed by atoms with E-state index in [2.05, 4.69) is 233 Å². The van der Waals surface area contributed by atoms with Crippen LogP contribution in [0.3, 0.4) is 0 Å². The molecule has 3 heterocycles. The number of benzene rings is 9. The average Bonchev–Trinajstić information content (AvgIpc) is 4.01. The number of aromatic nitrogens is 3. The van der Waals surface area contributed by atoms with E-state index >= 15 is 0 Å². The highest BCUT2D eigenvalue weighted by atomic mass is 15.0. The van der Waals surface area contributed by atoms with Gasteiger partial charge in [0.2, 0.25) is 0 Å². The van der Waals surface area contributed by atoms with Crippen molar-refractivity contribution in [1.82, 2.24) is 14.1 Å². The Hall–Kier alpha value is -8.14. The molecule has 3 heteroatoms. The van der Waals surface area contributed by atoms with Gasteiger partial charge in [-0.1, -0.05) is 140 Å². The van der Waals surface area contributed by atoms with Crippen LogP contribution in [0.15, 0.2) is 212 Å². The first-order valence-electron chi connectivity index (χ1n) is 22.0. The van der Waals surface area contributed by atoms with Gasteiger partial charge in [-0.3, -0.25) is 0 Å². The molecule has 1 aliphatic rings. The summed E-state index contributed by atoms with van der Waals surface area (Å²) in [5.74, 6) is 0. The predicted molar refractivity (Wildman–Crippen MR) is 266 cm³/mol. The number of aromatic amines is 1. The molecule has 0 radical (unpaired) electrons. The van der Waals surface area contributed by atoms with Gasteiger partial charge in [0.25, 0.3) is 0 Å². The van der Waals surface area contributed by atoms with Crippen molar-refractivity contribution in [3.05, 3.63) is 229 Å². The van der Waals surface area contributed by atoms with Crippen LogP contribution in [-0.2, 0) is 6.42 Å². The molecule has 13 rings (SSSR count). The van der Waals surface area contributed by atoms with Crippen molar-refractivity contribution >= 4 is 66.2 Å². The average molecular weight is 804 g/mol. The first kappa shape index (κ1) is 35.6. The van der Waals surface area contributed by atoms with Gasteiger partial charge in [-0.2, -0.15) is 0 Å². The number of nitrogens with zero attached hydrogens (tertiary/aromatic N) is 2. The lowest BCUT2D eigenvalue weighted by Gasteiger charge is -2.18. The number of hydrogen-bond acceptors (Lipinski definition) is 0. The Bertz CT molecular complexity index is 3660. The van der Waals surface area contributed by atoms with Gasteiger partial charge < -0.3 is 14.1 Å². The maximum absolute atomic E-state index is 3.77. The number of rotatable bonds is 6. The van der Waals surface area contributed by atoms with Crippen LogP contribution in [0.1, 0.15) is 23.2 Å². The van der Waals surface area contributed by atoms with E-state index in [-0.39, 0.29) is 0 Å². The standard InChI is InChI=1S/C60H41N3/c1-5-13-39(14-6-1)43-21-29-57-51(33-43)52-34-44(40-15-7-2-8-16-40)22-30-58(52)62(57)47-25-27-55-49(37-47)50-38-48(26-28-56(50)61-55)63-59-31-23-45(41-17-9-3-10-18-41)35-53(59)54-36-46(24-32-60(54)63)42-19-11-4-12-20-42/h1-23,25-31,33-38,61H,24,32H2. The largest absolute Gasteiger partial charge is 0.355 e. The van der Waals surface area contributed by atoms with Crippen molar-refractivity contribution in [1.29, 1.82) is 0 Å². The molecule has 0 saturated heterocycles. The van der Waals surface area contributed by atoms with E-state index in [1.807, 2.05) is 0 Å². The Morgan fingerprint density at radius 2 is 0.746 bits per heavy atom. The van der Waals surface area contributed by atoms with Crippen LogP contribution in [0.5, 0.6) is 0 Å². The Balaban J connectivity index is 0.994. The van der Waals surface area contributed by atoms with Crippen LogP contribution in [0.25, 0.3) is 111 Å². The predicted octanol–water partition coefficient (Wildman–Crippen LogP) is 15.8. The number of allylic oxidation sites excluding steroid dienone is 1. The monoisotopic (exact) mass is 803 g/mol. The van der Waals surface area contributed by atoms with Crippen molar-refractivity contribution in [2.24, 2.45) is 0 Å². The summed E-state index contributed by atoms with van der Waals surface area (Å²) in [5, 5.41) is 6.21. The summed E-state index contributed by atoms with van der Waals surface area (Å²) in [5.41, 5.74) is 20.9. The molecule has 0 saturated carbocycles. The summed E-state index contributed by atoms with van der Waals surface area (Å²) < 4.78 is 4.98. The van der Waals surface area contributed by atoms with Gasteiger partial charge in [0.05, 0.1) is 16.6 Å². The molecule has 63 heavy (non-hydrogen) atoms. The van der Waals surface area contributed by atoms with Crippen LogP contribution in [0, 0.1) is 0 Å². The molecule has 296 valence electrons. The molecule has 1 N–H and O–H groups in total. The lowest BCUT2D eigenvalue weighted by Crippen LogP contribution is -2.05. The number of hydrogen-bond donors (Lipinski definition) is 1. The summed E-state index contributed by atoms with van der Waals surface area (Å²) in [7, 11) is 0. The zero-order valence-electron chi connectivity index (χ0n) is 34.6. The number of nitrogens with one attached hydrogen (secondary N) is 1. The van der Waals surface area contributed by atoms with Crippen LogP contribution in [0.4, 0.5) is 0 Å².